The molecule has 4 nitrogen and oxygen atoms in total. The first kappa shape index (κ1) is 12.0. The van der Waals surface area contributed by atoms with Crippen LogP contribution in [0.3, 0.4) is 0 Å². The minimum absolute atomic E-state index is 0.0351. The maximum atomic E-state index is 10.6. The topological polar surface area (TPSA) is 66.9 Å². The van der Waals surface area contributed by atoms with E-state index in [4.69, 9.17) is 16.9 Å². The second kappa shape index (κ2) is 5.75. The van der Waals surface area contributed by atoms with Gasteiger partial charge in [0.05, 0.1) is 4.92 Å². The molecule has 0 aliphatic heterocycles. The minimum Gasteiger partial charge on any atom is -0.258 e. The maximum Gasteiger partial charge on any atom is 0.288 e. The van der Waals surface area contributed by atoms with Crippen molar-refractivity contribution in [3.05, 3.63) is 39.4 Å². The number of hydrogen-bond donors (Lipinski definition) is 0. The molecule has 0 bridgehead atoms. The summed E-state index contributed by atoms with van der Waals surface area (Å²) in [6.45, 7) is 0. The summed E-state index contributed by atoms with van der Waals surface area (Å²) in [6.07, 6.45) is 0.523. The molecule has 0 aliphatic rings. The Kier molecular flexibility index (Phi) is 4.32. The molecule has 0 aromatic heterocycles. The smallest absolute Gasteiger partial charge is 0.258 e. The summed E-state index contributed by atoms with van der Waals surface area (Å²) in [5, 5.41) is 19.3. The number of nitro benzene ring substituents is 1. The number of nitriles is 1. The SMILES string of the molecule is N#Cc1ccc(C#CCCCl)cc1[N+](=O)[O-]. The Hall–Kier alpha value is -2.04. The third-order valence-electron chi connectivity index (χ3n) is 1.77. The molecule has 0 N–H and O–H groups in total. The Balaban J connectivity index is 3.10. The zero-order valence-corrected chi connectivity index (χ0v) is 8.99. The number of benzene rings is 1. The van der Waals surface area contributed by atoms with E-state index in [9.17, 15) is 10.1 Å². The third kappa shape index (κ3) is 2.98. The summed E-state index contributed by atoms with van der Waals surface area (Å²) < 4.78 is 0. The van der Waals surface area contributed by atoms with E-state index < -0.39 is 4.92 Å². The Morgan fingerprint density at radius 2 is 2.25 bits per heavy atom. The van der Waals surface area contributed by atoms with Gasteiger partial charge in [0.1, 0.15) is 11.6 Å². The molecule has 0 unspecified atom stereocenters. The fourth-order valence-electron chi connectivity index (χ4n) is 1.07. The highest BCUT2D eigenvalue weighted by molar-refractivity contribution is 6.18. The first-order chi connectivity index (χ1) is 7.69. The van der Waals surface area contributed by atoms with E-state index in [-0.39, 0.29) is 11.3 Å². The van der Waals surface area contributed by atoms with Crippen LogP contribution in [-0.2, 0) is 0 Å². The van der Waals surface area contributed by atoms with Gasteiger partial charge in [-0.15, -0.1) is 11.6 Å². The molecular formula is C11H7ClN2O2. The predicted octanol–water partition coefficient (Wildman–Crippen LogP) is 2.45. The van der Waals surface area contributed by atoms with Crippen molar-refractivity contribution in [1.82, 2.24) is 0 Å². The Morgan fingerprint density at radius 1 is 1.50 bits per heavy atom. The monoisotopic (exact) mass is 234 g/mol. The molecule has 0 fully saturated rings. The Morgan fingerprint density at radius 3 is 2.81 bits per heavy atom. The van der Waals surface area contributed by atoms with Crippen molar-refractivity contribution in [2.45, 2.75) is 6.42 Å². The van der Waals surface area contributed by atoms with Crippen LogP contribution >= 0.6 is 11.6 Å². The van der Waals surface area contributed by atoms with Crippen molar-refractivity contribution in [3.8, 4) is 17.9 Å². The van der Waals surface area contributed by atoms with Gasteiger partial charge in [-0.1, -0.05) is 11.8 Å². The van der Waals surface area contributed by atoms with Gasteiger partial charge in [-0.25, -0.2) is 0 Å². The molecule has 1 aromatic rings. The minimum atomic E-state index is -0.592. The van der Waals surface area contributed by atoms with E-state index in [0.29, 0.717) is 17.9 Å². The number of rotatable bonds is 2. The van der Waals surface area contributed by atoms with Gasteiger partial charge in [0.2, 0.25) is 0 Å². The van der Waals surface area contributed by atoms with Gasteiger partial charge in [0, 0.05) is 23.9 Å². The van der Waals surface area contributed by atoms with Crippen LogP contribution in [0.25, 0.3) is 0 Å². The van der Waals surface area contributed by atoms with Crippen LogP contribution < -0.4 is 0 Å². The second-order valence-electron chi connectivity index (χ2n) is 2.84. The molecule has 0 saturated carbocycles. The van der Waals surface area contributed by atoms with E-state index in [2.05, 4.69) is 11.8 Å². The molecule has 0 heterocycles. The van der Waals surface area contributed by atoms with E-state index in [1.54, 1.807) is 12.1 Å². The summed E-state index contributed by atoms with van der Waals surface area (Å²) in [6, 6.07) is 6.02. The average Bonchev–Trinajstić information content (AvgIpc) is 2.29. The van der Waals surface area contributed by atoms with Crippen LogP contribution in [0.15, 0.2) is 18.2 Å². The molecule has 0 radical (unpaired) electrons. The summed E-state index contributed by atoms with van der Waals surface area (Å²) in [4.78, 5) is 10.1. The summed E-state index contributed by atoms with van der Waals surface area (Å²) >= 11 is 5.44. The van der Waals surface area contributed by atoms with E-state index >= 15 is 0 Å². The zero-order valence-electron chi connectivity index (χ0n) is 8.24. The summed E-state index contributed by atoms with van der Waals surface area (Å²) in [7, 11) is 0. The van der Waals surface area contributed by atoms with Crippen molar-refractivity contribution in [2.24, 2.45) is 0 Å². The van der Waals surface area contributed by atoms with Gasteiger partial charge in [-0.2, -0.15) is 5.26 Å². The van der Waals surface area contributed by atoms with E-state index in [1.807, 2.05) is 0 Å². The van der Waals surface area contributed by atoms with Crippen LogP contribution in [-0.4, -0.2) is 10.8 Å². The van der Waals surface area contributed by atoms with Crippen molar-refractivity contribution < 1.29 is 4.92 Å². The lowest BCUT2D eigenvalue weighted by molar-refractivity contribution is -0.385. The molecule has 0 atom stereocenters. The van der Waals surface area contributed by atoms with Crippen molar-refractivity contribution in [1.29, 1.82) is 5.26 Å². The highest BCUT2D eigenvalue weighted by Crippen LogP contribution is 2.18. The number of nitrogens with zero attached hydrogens (tertiary/aromatic N) is 2. The highest BCUT2D eigenvalue weighted by atomic mass is 35.5. The Labute approximate surface area is 97.6 Å². The molecular weight excluding hydrogens is 228 g/mol. The molecule has 16 heavy (non-hydrogen) atoms. The van der Waals surface area contributed by atoms with Gasteiger partial charge in [-0.3, -0.25) is 10.1 Å². The van der Waals surface area contributed by atoms with E-state index in [1.165, 1.54) is 12.1 Å². The number of alkyl halides is 1. The normalized spacial score (nSPS) is 8.75. The number of nitro groups is 1. The second-order valence-corrected chi connectivity index (χ2v) is 3.22. The van der Waals surface area contributed by atoms with Gasteiger partial charge < -0.3 is 0 Å². The van der Waals surface area contributed by atoms with Gasteiger partial charge in [0.25, 0.3) is 5.69 Å². The van der Waals surface area contributed by atoms with Crippen molar-refractivity contribution in [2.75, 3.05) is 5.88 Å². The predicted molar refractivity (Wildman–Crippen MR) is 60.0 cm³/mol. The maximum absolute atomic E-state index is 10.6. The zero-order chi connectivity index (χ0) is 12.0. The van der Waals surface area contributed by atoms with Gasteiger partial charge in [0.15, 0.2) is 0 Å². The third-order valence-corrected chi connectivity index (χ3v) is 1.96. The van der Waals surface area contributed by atoms with E-state index in [0.717, 1.165) is 0 Å². The summed E-state index contributed by atoms with van der Waals surface area (Å²) in [5.74, 6) is 5.93. The van der Waals surface area contributed by atoms with Crippen molar-refractivity contribution >= 4 is 17.3 Å². The molecule has 1 rings (SSSR count). The van der Waals surface area contributed by atoms with Crippen LogP contribution in [0.4, 0.5) is 5.69 Å². The fraction of sp³-hybridized carbons (Fsp3) is 0.182. The number of halogens is 1. The molecule has 0 aliphatic carbocycles. The molecule has 1 aromatic carbocycles. The lowest BCUT2D eigenvalue weighted by Crippen LogP contribution is -1.92. The van der Waals surface area contributed by atoms with Crippen LogP contribution in [0, 0.1) is 33.3 Å². The molecule has 80 valence electrons. The largest absolute Gasteiger partial charge is 0.288 e. The molecule has 0 spiro atoms. The molecule has 0 amide bonds. The Bertz CT molecular complexity index is 509. The van der Waals surface area contributed by atoms with Crippen LogP contribution in [0.2, 0.25) is 0 Å². The van der Waals surface area contributed by atoms with Crippen LogP contribution in [0.5, 0.6) is 0 Å². The van der Waals surface area contributed by atoms with Crippen molar-refractivity contribution in [3.63, 3.8) is 0 Å². The first-order valence-corrected chi connectivity index (χ1v) is 4.96. The van der Waals surface area contributed by atoms with Crippen LogP contribution in [0.1, 0.15) is 17.5 Å². The standard InChI is InChI=1S/C11H7ClN2O2/c12-6-2-1-3-9-4-5-10(8-13)11(7-9)14(15)16/h4-5,7H,2,6H2. The lowest BCUT2D eigenvalue weighted by Gasteiger charge is -1.95. The highest BCUT2D eigenvalue weighted by Gasteiger charge is 2.13. The van der Waals surface area contributed by atoms with Gasteiger partial charge in [-0.05, 0) is 12.1 Å². The summed E-state index contributed by atoms with van der Waals surface area (Å²) in [5.41, 5.74) is 0.323. The molecule has 5 heteroatoms. The lowest BCUT2D eigenvalue weighted by atomic mass is 10.1. The van der Waals surface area contributed by atoms with Gasteiger partial charge >= 0.3 is 0 Å². The quantitative estimate of drug-likeness (QED) is 0.342. The first-order valence-electron chi connectivity index (χ1n) is 4.42. The average molecular weight is 235 g/mol. The number of hydrogen-bond acceptors (Lipinski definition) is 3. The fourth-order valence-corrected chi connectivity index (χ4v) is 1.16. The molecule has 0 saturated heterocycles.